The van der Waals surface area contributed by atoms with Crippen molar-refractivity contribution in [3.8, 4) is 0 Å². The summed E-state index contributed by atoms with van der Waals surface area (Å²) in [5.74, 6) is -0.174. The van der Waals surface area contributed by atoms with E-state index < -0.39 is 11.2 Å². The van der Waals surface area contributed by atoms with Gasteiger partial charge in [-0.05, 0) is 17.7 Å². The van der Waals surface area contributed by atoms with Gasteiger partial charge in [0.05, 0.1) is 5.97 Å². The number of hydrogen-bond acceptors (Lipinski definition) is 3. The Morgan fingerprint density at radius 3 is 2.47 bits per heavy atom. The van der Waals surface area contributed by atoms with E-state index in [-0.39, 0.29) is 29.6 Å². The van der Waals surface area contributed by atoms with Gasteiger partial charge in [-0.2, -0.15) is 11.8 Å². The first-order chi connectivity index (χ1) is 6.74. The first-order valence-corrected chi connectivity index (χ1v) is 5.65. The second kappa shape index (κ2) is 8.22. The quantitative estimate of drug-likeness (QED) is 0.557. The molecule has 1 rings (SSSR count). The van der Waals surface area contributed by atoms with E-state index in [1.54, 1.807) is 0 Å². The maximum Gasteiger partial charge on any atom is 1.00 e. The third-order valence-electron chi connectivity index (χ3n) is 1.89. The Hall–Kier alpha value is 0.0400. The summed E-state index contributed by atoms with van der Waals surface area (Å²) in [6, 6.07) is 9.62. The van der Waals surface area contributed by atoms with Crippen LogP contribution in [0.2, 0.25) is 0 Å². The Morgan fingerprint density at radius 1 is 1.40 bits per heavy atom. The fourth-order valence-electron chi connectivity index (χ4n) is 1.24. The topological polar surface area (TPSA) is 40.1 Å². The molecule has 0 aromatic heterocycles. The molecule has 1 unspecified atom stereocenters. The van der Waals surface area contributed by atoms with E-state index >= 15 is 0 Å². The third kappa shape index (κ3) is 5.61. The van der Waals surface area contributed by atoms with Crippen molar-refractivity contribution < 1.29 is 39.5 Å². The predicted molar refractivity (Wildman–Crippen MR) is 57.1 cm³/mol. The Bertz CT molecular complexity index is 290. The summed E-state index contributed by atoms with van der Waals surface area (Å²) >= 11 is 1.42. The van der Waals surface area contributed by atoms with Gasteiger partial charge in [-0.3, -0.25) is 0 Å². The van der Waals surface area contributed by atoms with Gasteiger partial charge in [0.2, 0.25) is 0 Å². The van der Waals surface area contributed by atoms with E-state index in [9.17, 15) is 9.90 Å². The van der Waals surface area contributed by atoms with Crippen LogP contribution < -0.4 is 34.7 Å². The van der Waals surface area contributed by atoms with Crippen molar-refractivity contribution in [2.45, 2.75) is 18.6 Å². The summed E-state index contributed by atoms with van der Waals surface area (Å²) < 4.78 is 0. The molecule has 1 aromatic carbocycles. The van der Waals surface area contributed by atoms with Crippen molar-refractivity contribution in [3.63, 3.8) is 0 Å². The molecule has 0 amide bonds. The van der Waals surface area contributed by atoms with Gasteiger partial charge < -0.3 is 9.90 Å². The van der Waals surface area contributed by atoms with Gasteiger partial charge >= 0.3 is 29.6 Å². The zero-order valence-electron chi connectivity index (χ0n) is 9.10. The second-order valence-electron chi connectivity index (χ2n) is 2.95. The predicted octanol–water partition coefficient (Wildman–Crippen LogP) is -1.90. The molecule has 15 heavy (non-hydrogen) atoms. The van der Waals surface area contributed by atoms with Gasteiger partial charge in [-0.25, -0.2) is 0 Å². The van der Waals surface area contributed by atoms with E-state index in [0.29, 0.717) is 6.42 Å². The van der Waals surface area contributed by atoms with Crippen molar-refractivity contribution >= 4 is 17.7 Å². The van der Waals surface area contributed by atoms with Gasteiger partial charge in [-0.1, -0.05) is 37.3 Å². The van der Waals surface area contributed by atoms with Crippen LogP contribution in [0, 0.1) is 0 Å². The van der Waals surface area contributed by atoms with E-state index in [4.69, 9.17) is 0 Å². The number of benzene rings is 1. The van der Waals surface area contributed by atoms with Crippen molar-refractivity contribution in [3.05, 3.63) is 35.9 Å². The fourth-order valence-corrected chi connectivity index (χ4v) is 2.09. The molecule has 0 aliphatic heterocycles. The van der Waals surface area contributed by atoms with Crippen LogP contribution in [0.4, 0.5) is 0 Å². The van der Waals surface area contributed by atoms with Crippen LogP contribution in [0.25, 0.3) is 0 Å². The Kier molecular flexibility index (Phi) is 8.24. The Morgan fingerprint density at radius 2 is 2.00 bits per heavy atom. The van der Waals surface area contributed by atoms with Gasteiger partial charge in [0.1, 0.15) is 0 Å². The number of carbonyl (C=O) groups is 1. The zero-order chi connectivity index (χ0) is 10.4. The Labute approximate surface area is 117 Å². The van der Waals surface area contributed by atoms with Crippen LogP contribution in [0.15, 0.2) is 30.3 Å². The number of thioether (sulfide) groups is 1. The standard InChI is InChI=1S/C11H14O2S.Na/c1-2-14-10(11(12)13)8-9-6-4-3-5-7-9;/h3-7,10H,2,8H2,1H3,(H,12,13);/q;+1/p-1. The maximum atomic E-state index is 10.8. The molecular formula is C11H13NaO2S. The largest absolute Gasteiger partial charge is 1.00 e. The van der Waals surface area contributed by atoms with Crippen LogP contribution in [-0.2, 0) is 11.2 Å². The SMILES string of the molecule is CCSC(Cc1ccccc1)C(=O)[O-].[Na+]. The maximum absolute atomic E-state index is 10.8. The van der Waals surface area contributed by atoms with Crippen molar-refractivity contribution in [2.75, 3.05) is 5.75 Å². The minimum absolute atomic E-state index is 0. The third-order valence-corrected chi connectivity index (χ3v) is 2.99. The molecule has 0 spiro atoms. The number of carboxylic acids is 1. The normalized spacial score (nSPS) is 11.5. The minimum Gasteiger partial charge on any atom is -0.549 e. The van der Waals surface area contributed by atoms with Crippen molar-refractivity contribution in [1.82, 2.24) is 0 Å². The van der Waals surface area contributed by atoms with Gasteiger partial charge in [0.25, 0.3) is 0 Å². The molecule has 1 aromatic rings. The number of carbonyl (C=O) groups excluding carboxylic acids is 1. The van der Waals surface area contributed by atoms with E-state index in [2.05, 4.69) is 0 Å². The van der Waals surface area contributed by atoms with Crippen molar-refractivity contribution in [1.29, 1.82) is 0 Å². The summed E-state index contributed by atoms with van der Waals surface area (Å²) in [7, 11) is 0. The number of aliphatic carboxylic acids is 1. The molecule has 0 heterocycles. The van der Waals surface area contributed by atoms with Crippen molar-refractivity contribution in [2.24, 2.45) is 0 Å². The van der Waals surface area contributed by atoms with Gasteiger partial charge in [0.15, 0.2) is 0 Å². The number of rotatable bonds is 5. The second-order valence-corrected chi connectivity index (χ2v) is 4.43. The molecule has 0 bridgehead atoms. The molecule has 76 valence electrons. The molecule has 0 aliphatic carbocycles. The van der Waals surface area contributed by atoms with E-state index in [1.165, 1.54) is 11.8 Å². The Balaban J connectivity index is 0.00000196. The molecule has 0 radical (unpaired) electrons. The van der Waals surface area contributed by atoms with Crippen LogP contribution in [0.5, 0.6) is 0 Å². The molecular weight excluding hydrogens is 219 g/mol. The number of carboxylic acid groups (broad SMARTS) is 1. The van der Waals surface area contributed by atoms with Crippen LogP contribution in [0.3, 0.4) is 0 Å². The van der Waals surface area contributed by atoms with E-state index in [0.717, 1.165) is 11.3 Å². The van der Waals surface area contributed by atoms with Crippen LogP contribution in [-0.4, -0.2) is 17.0 Å². The summed E-state index contributed by atoms with van der Waals surface area (Å²) in [4.78, 5) is 10.8. The molecule has 1 atom stereocenters. The fraction of sp³-hybridized carbons (Fsp3) is 0.364. The van der Waals surface area contributed by atoms with E-state index in [1.807, 2.05) is 37.3 Å². The molecule has 4 heteroatoms. The summed E-state index contributed by atoms with van der Waals surface area (Å²) in [5.41, 5.74) is 1.04. The monoisotopic (exact) mass is 232 g/mol. The van der Waals surface area contributed by atoms with Crippen LogP contribution >= 0.6 is 11.8 Å². The van der Waals surface area contributed by atoms with Gasteiger partial charge in [-0.15, -0.1) is 0 Å². The molecule has 0 aliphatic rings. The first-order valence-electron chi connectivity index (χ1n) is 4.60. The first kappa shape index (κ1) is 15.0. The summed E-state index contributed by atoms with van der Waals surface area (Å²) in [6.45, 7) is 1.95. The van der Waals surface area contributed by atoms with Crippen LogP contribution in [0.1, 0.15) is 12.5 Å². The number of hydrogen-bond donors (Lipinski definition) is 0. The van der Waals surface area contributed by atoms with Gasteiger partial charge in [0, 0.05) is 5.25 Å². The molecule has 0 fully saturated rings. The summed E-state index contributed by atoms with van der Waals surface area (Å²) in [6.07, 6.45) is 0.543. The molecule has 2 nitrogen and oxygen atoms in total. The summed E-state index contributed by atoms with van der Waals surface area (Å²) in [5, 5.41) is 10.3. The molecule has 0 saturated heterocycles. The smallest absolute Gasteiger partial charge is 0.549 e. The average Bonchev–Trinajstić information content (AvgIpc) is 2.18. The molecule has 0 saturated carbocycles. The zero-order valence-corrected chi connectivity index (χ0v) is 11.9. The molecule has 0 N–H and O–H groups in total. The average molecular weight is 232 g/mol. The minimum atomic E-state index is -0.972.